The minimum Gasteiger partial charge on any atom is -0.239 e. The first-order valence-corrected chi connectivity index (χ1v) is 7.28. The first-order valence-electron chi connectivity index (χ1n) is 4.59. The first kappa shape index (κ1) is 14.0. The van der Waals surface area contributed by atoms with Gasteiger partial charge in [0.2, 0.25) is 0 Å². The summed E-state index contributed by atoms with van der Waals surface area (Å²) in [6.45, 7) is 5.64. The van der Waals surface area contributed by atoms with Crippen molar-refractivity contribution in [3.63, 3.8) is 0 Å². The molecule has 1 rings (SSSR count). The van der Waals surface area contributed by atoms with Crippen LogP contribution in [0.2, 0.25) is 0 Å². The Bertz CT molecular complexity index is 441. The largest absolute Gasteiger partial charge is 0.239 e. The first-order chi connectivity index (χ1) is 7.30. The molecule has 0 aliphatic carbocycles. The van der Waals surface area contributed by atoms with Gasteiger partial charge >= 0.3 is 0 Å². The molecule has 0 fully saturated rings. The van der Waals surface area contributed by atoms with Crippen molar-refractivity contribution in [2.45, 2.75) is 25.5 Å². The number of hydrogen-bond acceptors (Lipinski definition) is 2. The van der Waals surface area contributed by atoms with Crippen molar-refractivity contribution in [2.24, 2.45) is 4.40 Å². The number of halogens is 2. The van der Waals surface area contributed by atoms with E-state index >= 15 is 0 Å². The highest BCUT2D eigenvalue weighted by Gasteiger charge is 2.18. The Kier molecular flexibility index (Phi) is 4.82. The van der Waals surface area contributed by atoms with E-state index in [4.69, 9.17) is 0 Å². The van der Waals surface area contributed by atoms with Gasteiger partial charge in [-0.25, -0.2) is 9.19 Å². The molecule has 0 radical (unpaired) electrons. The Morgan fingerprint density at radius 3 is 2.56 bits per heavy atom. The van der Waals surface area contributed by atoms with E-state index in [9.17, 15) is 4.21 Å². The van der Waals surface area contributed by atoms with E-state index in [2.05, 4.69) is 41.2 Å². The van der Waals surface area contributed by atoms with Crippen molar-refractivity contribution in [3.8, 4) is 0 Å². The van der Waals surface area contributed by atoms with Crippen LogP contribution in [0.3, 0.4) is 0 Å². The maximum Gasteiger partial charge on any atom is 0.144 e. The minimum absolute atomic E-state index is 0.352. The van der Waals surface area contributed by atoms with E-state index in [1.165, 1.54) is 6.21 Å². The summed E-state index contributed by atoms with van der Waals surface area (Å²) >= 11 is 6.63. The highest BCUT2D eigenvalue weighted by Crippen LogP contribution is 2.17. The molecule has 1 atom stereocenters. The zero-order valence-corrected chi connectivity index (χ0v) is 13.2. The van der Waals surface area contributed by atoms with E-state index in [0.717, 1.165) is 9.08 Å². The molecule has 0 saturated carbocycles. The predicted octanol–water partition coefficient (Wildman–Crippen LogP) is 3.49. The molecular formula is C10H12Br2N2OS. The van der Waals surface area contributed by atoms with Gasteiger partial charge < -0.3 is 0 Å². The molecule has 1 aromatic heterocycles. The van der Waals surface area contributed by atoms with Crippen LogP contribution in [-0.2, 0) is 11.0 Å². The molecule has 1 heterocycles. The van der Waals surface area contributed by atoms with Crippen molar-refractivity contribution in [2.75, 3.05) is 0 Å². The van der Waals surface area contributed by atoms with Crippen LogP contribution in [0.5, 0.6) is 0 Å². The summed E-state index contributed by atoms with van der Waals surface area (Å²) < 4.78 is 16.9. The Morgan fingerprint density at radius 1 is 1.38 bits per heavy atom. The quantitative estimate of drug-likeness (QED) is 0.593. The van der Waals surface area contributed by atoms with E-state index in [-0.39, 0.29) is 4.75 Å². The number of pyridine rings is 1. The van der Waals surface area contributed by atoms with Crippen LogP contribution in [0.4, 0.5) is 0 Å². The van der Waals surface area contributed by atoms with Crippen molar-refractivity contribution >= 4 is 49.1 Å². The zero-order valence-electron chi connectivity index (χ0n) is 9.20. The summed E-state index contributed by atoms with van der Waals surface area (Å²) in [6, 6.07) is 3.68. The standard InChI is InChI=1S/C10H12Br2N2OS/c1-10(2,3)16(15)13-6-8-7(11)4-5-9(12)14-8/h4-6H,1-3H3/b13-6+/t16-/m0/s1. The zero-order chi connectivity index (χ0) is 12.3. The molecule has 0 N–H and O–H groups in total. The Balaban J connectivity index is 2.93. The summed E-state index contributed by atoms with van der Waals surface area (Å²) in [5.74, 6) is 0. The van der Waals surface area contributed by atoms with E-state index in [1.807, 2.05) is 32.9 Å². The van der Waals surface area contributed by atoms with Gasteiger partial charge in [-0.3, -0.25) is 0 Å². The van der Waals surface area contributed by atoms with Gasteiger partial charge in [-0.1, -0.05) is 0 Å². The highest BCUT2D eigenvalue weighted by atomic mass is 79.9. The topological polar surface area (TPSA) is 42.3 Å². The van der Waals surface area contributed by atoms with Gasteiger partial charge in [0, 0.05) is 4.47 Å². The number of hydrogen-bond donors (Lipinski definition) is 0. The second-order valence-electron chi connectivity index (χ2n) is 4.10. The summed E-state index contributed by atoms with van der Waals surface area (Å²) in [5, 5.41) is 0. The van der Waals surface area contributed by atoms with E-state index in [0.29, 0.717) is 5.69 Å². The normalized spacial score (nSPS) is 14.3. The molecule has 0 aliphatic rings. The van der Waals surface area contributed by atoms with Crippen LogP contribution >= 0.6 is 31.9 Å². The number of nitrogens with zero attached hydrogens (tertiary/aromatic N) is 2. The second-order valence-corrected chi connectivity index (χ2v) is 7.70. The molecule has 0 bridgehead atoms. The monoisotopic (exact) mass is 366 g/mol. The molecule has 0 saturated heterocycles. The molecule has 0 amide bonds. The van der Waals surface area contributed by atoms with Gasteiger partial charge in [-0.2, -0.15) is 4.40 Å². The molecule has 16 heavy (non-hydrogen) atoms. The molecule has 6 heteroatoms. The minimum atomic E-state index is -1.26. The van der Waals surface area contributed by atoms with Gasteiger partial charge in [-0.05, 0) is 64.8 Å². The maximum absolute atomic E-state index is 11.7. The van der Waals surface area contributed by atoms with Gasteiger partial charge in [0.15, 0.2) is 0 Å². The average molecular weight is 368 g/mol. The summed E-state index contributed by atoms with van der Waals surface area (Å²) in [4.78, 5) is 4.21. The molecular weight excluding hydrogens is 356 g/mol. The van der Waals surface area contributed by atoms with Gasteiger partial charge in [0.1, 0.15) is 15.6 Å². The third-order valence-corrected chi connectivity index (χ3v) is 4.09. The van der Waals surface area contributed by atoms with Crippen LogP contribution in [-0.4, -0.2) is 20.2 Å². The Labute approximate surface area is 115 Å². The summed E-state index contributed by atoms with van der Waals surface area (Å²) in [6.07, 6.45) is 1.52. The van der Waals surface area contributed by atoms with Crippen LogP contribution in [0.25, 0.3) is 0 Å². The lowest BCUT2D eigenvalue weighted by Gasteiger charge is -2.12. The average Bonchev–Trinajstić information content (AvgIpc) is 2.17. The number of rotatable bonds is 2. The third-order valence-electron chi connectivity index (χ3n) is 1.63. The molecule has 1 aromatic rings. The van der Waals surface area contributed by atoms with Gasteiger partial charge in [0.05, 0.1) is 16.7 Å². The lowest BCUT2D eigenvalue weighted by atomic mass is 10.3. The van der Waals surface area contributed by atoms with Crippen LogP contribution in [0.1, 0.15) is 26.5 Å². The lowest BCUT2D eigenvalue weighted by Crippen LogP contribution is -2.19. The van der Waals surface area contributed by atoms with Crippen LogP contribution < -0.4 is 0 Å². The van der Waals surface area contributed by atoms with Crippen molar-refractivity contribution in [1.29, 1.82) is 0 Å². The molecule has 0 aliphatic heterocycles. The lowest BCUT2D eigenvalue weighted by molar-refractivity contribution is 0.651. The third kappa shape index (κ3) is 4.07. The SMILES string of the molecule is CC(C)(C)[S@](=O)/N=C/c1nc(Br)ccc1Br. The van der Waals surface area contributed by atoms with Gasteiger partial charge in [0.25, 0.3) is 0 Å². The van der Waals surface area contributed by atoms with E-state index < -0.39 is 11.0 Å². The summed E-state index contributed by atoms with van der Waals surface area (Å²) in [7, 11) is -1.26. The molecule has 0 aromatic carbocycles. The van der Waals surface area contributed by atoms with Gasteiger partial charge in [-0.15, -0.1) is 0 Å². The van der Waals surface area contributed by atoms with Crippen molar-refractivity contribution in [3.05, 3.63) is 26.9 Å². The van der Waals surface area contributed by atoms with Crippen LogP contribution in [0.15, 0.2) is 25.6 Å². The fourth-order valence-electron chi connectivity index (χ4n) is 0.779. The maximum atomic E-state index is 11.7. The van der Waals surface area contributed by atoms with Crippen molar-refractivity contribution in [1.82, 2.24) is 4.98 Å². The molecule has 3 nitrogen and oxygen atoms in total. The smallest absolute Gasteiger partial charge is 0.144 e. The fraction of sp³-hybridized carbons (Fsp3) is 0.400. The fourth-order valence-corrected chi connectivity index (χ4v) is 1.94. The number of aromatic nitrogens is 1. The van der Waals surface area contributed by atoms with Crippen molar-refractivity contribution < 1.29 is 4.21 Å². The van der Waals surface area contributed by atoms with Crippen LogP contribution in [0, 0.1) is 0 Å². The predicted molar refractivity (Wildman–Crippen MR) is 75.1 cm³/mol. The van der Waals surface area contributed by atoms with E-state index in [1.54, 1.807) is 0 Å². The molecule has 88 valence electrons. The molecule has 0 spiro atoms. The highest BCUT2D eigenvalue weighted by molar-refractivity contribution is 9.11. The molecule has 0 unspecified atom stereocenters. The second kappa shape index (κ2) is 5.51. The summed E-state index contributed by atoms with van der Waals surface area (Å²) in [5.41, 5.74) is 0.659. The Hall–Kier alpha value is -0.0700. The Morgan fingerprint density at radius 2 is 2.00 bits per heavy atom.